The lowest BCUT2D eigenvalue weighted by atomic mass is 9.96. The fourth-order valence-electron chi connectivity index (χ4n) is 3.21. The molecule has 6 heteroatoms. The first-order valence-corrected chi connectivity index (χ1v) is 8.78. The second kappa shape index (κ2) is 7.31. The summed E-state index contributed by atoms with van der Waals surface area (Å²) in [5, 5.41) is 3.21. The van der Waals surface area contributed by atoms with Gasteiger partial charge in [-0.3, -0.25) is 14.2 Å². The Bertz CT molecular complexity index is 1090. The molecule has 5 nitrogen and oxygen atoms in total. The van der Waals surface area contributed by atoms with Crippen LogP contribution in [0.25, 0.3) is 10.9 Å². The second-order valence-corrected chi connectivity index (χ2v) is 6.92. The van der Waals surface area contributed by atoms with E-state index in [4.69, 9.17) is 0 Å². The molecule has 0 aliphatic rings. The molecule has 140 valence electrons. The van der Waals surface area contributed by atoms with Crippen LogP contribution in [0, 0.1) is 26.6 Å². The number of fused-ring (bicyclic) bond motifs is 1. The van der Waals surface area contributed by atoms with Crippen molar-refractivity contribution >= 4 is 16.8 Å². The van der Waals surface area contributed by atoms with Gasteiger partial charge >= 0.3 is 0 Å². The van der Waals surface area contributed by atoms with E-state index in [0.29, 0.717) is 0 Å². The van der Waals surface area contributed by atoms with Gasteiger partial charge in [-0.05, 0) is 62.1 Å². The molecule has 2 aromatic carbocycles. The quantitative estimate of drug-likeness (QED) is 0.769. The third-order valence-electron chi connectivity index (χ3n) is 4.83. The summed E-state index contributed by atoms with van der Waals surface area (Å²) in [5.41, 5.74) is 4.43. The molecular weight excluding hydrogens is 345 g/mol. The van der Waals surface area contributed by atoms with Gasteiger partial charge in [0.15, 0.2) is 0 Å². The number of amides is 1. The minimum absolute atomic E-state index is 0.145. The summed E-state index contributed by atoms with van der Waals surface area (Å²) < 4.78 is 14.5. The van der Waals surface area contributed by atoms with Gasteiger partial charge in [-0.25, -0.2) is 9.37 Å². The zero-order valence-electron chi connectivity index (χ0n) is 15.8. The van der Waals surface area contributed by atoms with Crippen LogP contribution in [-0.4, -0.2) is 15.5 Å². The Labute approximate surface area is 156 Å². The maximum Gasteiger partial charge on any atom is 0.261 e. The number of rotatable bonds is 4. The van der Waals surface area contributed by atoms with E-state index < -0.39 is 5.82 Å². The first-order chi connectivity index (χ1) is 12.8. The van der Waals surface area contributed by atoms with Crippen molar-refractivity contribution in [3.8, 4) is 0 Å². The van der Waals surface area contributed by atoms with Crippen LogP contribution in [0.5, 0.6) is 0 Å². The maximum absolute atomic E-state index is 13.3. The van der Waals surface area contributed by atoms with Gasteiger partial charge in [0.1, 0.15) is 12.4 Å². The lowest BCUT2D eigenvalue weighted by Crippen LogP contribution is -2.34. The van der Waals surface area contributed by atoms with Crippen LogP contribution in [0.3, 0.4) is 0 Å². The largest absolute Gasteiger partial charge is 0.348 e. The number of aromatic nitrogens is 2. The third kappa shape index (κ3) is 3.89. The van der Waals surface area contributed by atoms with Crippen LogP contribution in [0.15, 0.2) is 41.5 Å². The Hall–Kier alpha value is -3.02. The molecule has 1 aromatic heterocycles. The summed E-state index contributed by atoms with van der Waals surface area (Å²) >= 11 is 0. The molecule has 0 bridgehead atoms. The number of halogens is 1. The molecule has 0 saturated carbocycles. The van der Waals surface area contributed by atoms with Gasteiger partial charge in [0.05, 0.1) is 23.3 Å². The molecule has 3 rings (SSSR count). The number of hydrogen-bond donors (Lipinski definition) is 1. The highest BCUT2D eigenvalue weighted by atomic mass is 19.1. The second-order valence-electron chi connectivity index (χ2n) is 6.92. The van der Waals surface area contributed by atoms with E-state index in [1.165, 1.54) is 40.2 Å². The zero-order valence-corrected chi connectivity index (χ0v) is 15.8. The molecule has 0 aliphatic carbocycles. The van der Waals surface area contributed by atoms with Crippen molar-refractivity contribution in [3.05, 3.63) is 75.1 Å². The van der Waals surface area contributed by atoms with Crippen molar-refractivity contribution in [2.24, 2.45) is 0 Å². The fraction of sp³-hybridized carbons (Fsp3) is 0.286. The highest BCUT2D eigenvalue weighted by molar-refractivity contribution is 5.79. The molecule has 1 heterocycles. The molecular formula is C21H22FN3O2. The summed E-state index contributed by atoms with van der Waals surface area (Å²) in [4.78, 5) is 29.0. The van der Waals surface area contributed by atoms with Gasteiger partial charge in [0.25, 0.3) is 5.56 Å². The summed E-state index contributed by atoms with van der Waals surface area (Å²) in [6, 6.07) is 7.79. The number of carbonyl (C=O) groups is 1. The maximum atomic E-state index is 13.3. The molecule has 0 fully saturated rings. The summed E-state index contributed by atoms with van der Waals surface area (Å²) in [5.74, 6) is -0.743. The van der Waals surface area contributed by atoms with Crippen molar-refractivity contribution in [2.45, 2.75) is 40.3 Å². The Kier molecular flexibility index (Phi) is 5.08. The standard InChI is InChI=1S/C21H22FN3O2/c1-12-7-14(3)18(8-13(12)2)15(4)24-20(26)10-25-11-23-19-9-16(22)5-6-17(19)21(25)27/h5-9,11,15H,10H2,1-4H3,(H,24,26)/t15-/m1/s1. The Morgan fingerprint density at radius 2 is 1.85 bits per heavy atom. The first-order valence-electron chi connectivity index (χ1n) is 8.78. The molecule has 27 heavy (non-hydrogen) atoms. The molecule has 0 aliphatic heterocycles. The summed E-state index contributed by atoms with van der Waals surface area (Å²) in [6.45, 7) is 7.88. The van der Waals surface area contributed by atoms with Crippen LogP contribution in [0.4, 0.5) is 4.39 Å². The first kappa shape index (κ1) is 18.8. The molecule has 0 unspecified atom stereocenters. The zero-order chi connectivity index (χ0) is 19.7. The SMILES string of the molecule is Cc1cc(C)c([C@@H](C)NC(=O)Cn2cnc3cc(F)ccc3c2=O)cc1C. The van der Waals surface area contributed by atoms with Gasteiger partial charge in [0.2, 0.25) is 5.91 Å². The monoisotopic (exact) mass is 367 g/mol. The lowest BCUT2D eigenvalue weighted by Gasteiger charge is -2.19. The number of benzene rings is 2. The van der Waals surface area contributed by atoms with Gasteiger partial charge < -0.3 is 5.32 Å². The molecule has 0 spiro atoms. The number of nitrogens with one attached hydrogen (secondary N) is 1. The average molecular weight is 367 g/mol. The van der Waals surface area contributed by atoms with E-state index in [1.807, 2.05) is 20.8 Å². The highest BCUT2D eigenvalue weighted by Gasteiger charge is 2.14. The highest BCUT2D eigenvalue weighted by Crippen LogP contribution is 2.21. The Morgan fingerprint density at radius 3 is 2.59 bits per heavy atom. The molecule has 1 N–H and O–H groups in total. The predicted octanol–water partition coefficient (Wildman–Crippen LogP) is 3.34. The Morgan fingerprint density at radius 1 is 1.15 bits per heavy atom. The van der Waals surface area contributed by atoms with Crippen molar-refractivity contribution in [1.29, 1.82) is 0 Å². The average Bonchev–Trinajstić information content (AvgIpc) is 2.60. The molecule has 0 saturated heterocycles. The van der Waals surface area contributed by atoms with E-state index in [9.17, 15) is 14.0 Å². The van der Waals surface area contributed by atoms with E-state index in [1.54, 1.807) is 0 Å². The van der Waals surface area contributed by atoms with Gasteiger partial charge in [-0.2, -0.15) is 0 Å². The van der Waals surface area contributed by atoms with E-state index in [0.717, 1.165) is 11.1 Å². The summed E-state index contributed by atoms with van der Waals surface area (Å²) in [7, 11) is 0. The fourth-order valence-corrected chi connectivity index (χ4v) is 3.21. The van der Waals surface area contributed by atoms with Crippen molar-refractivity contribution in [1.82, 2.24) is 14.9 Å². The summed E-state index contributed by atoms with van der Waals surface area (Å²) in [6.07, 6.45) is 1.27. The van der Waals surface area contributed by atoms with Crippen molar-refractivity contribution < 1.29 is 9.18 Å². The molecule has 1 amide bonds. The molecule has 1 atom stereocenters. The van der Waals surface area contributed by atoms with Gasteiger partial charge in [-0.1, -0.05) is 12.1 Å². The number of aryl methyl sites for hydroxylation is 3. The van der Waals surface area contributed by atoms with E-state index in [2.05, 4.69) is 29.4 Å². The van der Waals surface area contributed by atoms with Crippen LogP contribution in [-0.2, 0) is 11.3 Å². The lowest BCUT2D eigenvalue weighted by molar-refractivity contribution is -0.122. The Balaban J connectivity index is 1.79. The molecule has 0 radical (unpaired) electrons. The minimum atomic E-state index is -0.456. The number of nitrogens with zero attached hydrogens (tertiary/aromatic N) is 2. The predicted molar refractivity (Wildman–Crippen MR) is 103 cm³/mol. The van der Waals surface area contributed by atoms with E-state index in [-0.39, 0.29) is 35.0 Å². The third-order valence-corrected chi connectivity index (χ3v) is 4.83. The minimum Gasteiger partial charge on any atom is -0.348 e. The van der Waals surface area contributed by atoms with Gasteiger partial charge in [0, 0.05) is 6.07 Å². The normalized spacial score (nSPS) is 12.2. The molecule has 3 aromatic rings. The number of hydrogen-bond acceptors (Lipinski definition) is 3. The van der Waals surface area contributed by atoms with Crippen LogP contribution < -0.4 is 10.9 Å². The van der Waals surface area contributed by atoms with Crippen LogP contribution >= 0.6 is 0 Å². The topological polar surface area (TPSA) is 64.0 Å². The van der Waals surface area contributed by atoms with Crippen LogP contribution in [0.2, 0.25) is 0 Å². The number of carbonyl (C=O) groups excluding carboxylic acids is 1. The van der Waals surface area contributed by atoms with Crippen molar-refractivity contribution in [2.75, 3.05) is 0 Å². The van der Waals surface area contributed by atoms with Crippen LogP contribution in [0.1, 0.15) is 35.2 Å². The van der Waals surface area contributed by atoms with Gasteiger partial charge in [-0.15, -0.1) is 0 Å². The smallest absolute Gasteiger partial charge is 0.261 e. The van der Waals surface area contributed by atoms with E-state index >= 15 is 0 Å². The van der Waals surface area contributed by atoms with Crippen molar-refractivity contribution in [3.63, 3.8) is 0 Å².